The first kappa shape index (κ1) is 11.8. The van der Waals surface area contributed by atoms with Crippen molar-refractivity contribution in [3.63, 3.8) is 0 Å². The molecule has 0 aliphatic heterocycles. The Morgan fingerprint density at radius 3 is 2.82 bits per heavy atom. The Morgan fingerprint density at radius 2 is 2.12 bits per heavy atom. The Morgan fingerprint density at radius 1 is 1.35 bits per heavy atom. The molecule has 3 heteroatoms. The average molecular weight is 236 g/mol. The molecule has 0 aromatic heterocycles. The molecule has 1 aromatic rings. The summed E-state index contributed by atoms with van der Waals surface area (Å²) in [5.74, 6) is -1.10. The summed E-state index contributed by atoms with van der Waals surface area (Å²) < 4.78 is 27.1. The number of aryl methyl sites for hydroxylation is 1. The molecule has 0 radical (unpaired) electrons. The van der Waals surface area contributed by atoms with Gasteiger partial charge >= 0.3 is 0 Å². The highest BCUT2D eigenvalue weighted by Gasteiger charge is 2.26. The molecular formula is C14H14F2O. The first-order valence-corrected chi connectivity index (χ1v) is 5.54. The van der Waals surface area contributed by atoms with E-state index in [9.17, 15) is 13.9 Å². The molecule has 0 saturated carbocycles. The first-order valence-electron chi connectivity index (χ1n) is 5.54. The van der Waals surface area contributed by atoms with E-state index < -0.39 is 17.9 Å². The van der Waals surface area contributed by atoms with Crippen LogP contribution in [-0.2, 0) is 6.42 Å². The lowest BCUT2D eigenvalue weighted by Gasteiger charge is -2.20. The van der Waals surface area contributed by atoms with Gasteiger partial charge in [0.2, 0.25) is 0 Å². The number of phenolic OH excluding ortho intramolecular Hbond substituents is 1. The van der Waals surface area contributed by atoms with Crippen molar-refractivity contribution in [1.82, 2.24) is 0 Å². The maximum atomic E-state index is 13.6. The summed E-state index contributed by atoms with van der Waals surface area (Å²) in [5.41, 5.74) is 1.70. The predicted octanol–water partition coefficient (Wildman–Crippen LogP) is 3.62. The maximum absolute atomic E-state index is 13.6. The third-order valence-electron chi connectivity index (χ3n) is 3.06. The van der Waals surface area contributed by atoms with Gasteiger partial charge in [0, 0.05) is 5.92 Å². The minimum absolute atomic E-state index is 0.122. The minimum atomic E-state index is -1.30. The van der Waals surface area contributed by atoms with Crippen LogP contribution in [0.1, 0.15) is 11.1 Å². The van der Waals surface area contributed by atoms with E-state index in [1.807, 2.05) is 6.92 Å². The summed E-state index contributed by atoms with van der Waals surface area (Å²) in [6.07, 6.45) is 2.99. The fourth-order valence-electron chi connectivity index (χ4n) is 1.99. The predicted molar refractivity (Wildman–Crippen MR) is 63.3 cm³/mol. The fraction of sp³-hybridized carbons (Fsp3) is 0.286. The van der Waals surface area contributed by atoms with E-state index in [4.69, 9.17) is 0 Å². The van der Waals surface area contributed by atoms with Gasteiger partial charge in [-0.15, -0.1) is 0 Å². The maximum Gasteiger partial charge on any atom is 0.128 e. The summed E-state index contributed by atoms with van der Waals surface area (Å²) in [4.78, 5) is 0. The molecule has 90 valence electrons. The second-order valence-corrected chi connectivity index (χ2v) is 4.30. The van der Waals surface area contributed by atoms with Crippen molar-refractivity contribution >= 4 is 0 Å². The minimum Gasteiger partial charge on any atom is -0.508 e. The number of hydrogen-bond acceptors (Lipinski definition) is 1. The number of rotatable bonds is 2. The fourth-order valence-corrected chi connectivity index (χ4v) is 1.99. The smallest absolute Gasteiger partial charge is 0.128 e. The molecule has 0 saturated heterocycles. The molecule has 1 nitrogen and oxygen atoms in total. The van der Waals surface area contributed by atoms with Gasteiger partial charge in [-0.25, -0.2) is 8.78 Å². The van der Waals surface area contributed by atoms with Crippen molar-refractivity contribution in [3.05, 3.63) is 53.4 Å². The number of aromatic hydroxyl groups is 1. The molecule has 2 atom stereocenters. The van der Waals surface area contributed by atoms with Crippen LogP contribution in [0, 0.1) is 12.8 Å². The lowest BCUT2D eigenvalue weighted by molar-refractivity contribution is 0.273. The molecule has 0 amide bonds. The van der Waals surface area contributed by atoms with Gasteiger partial charge < -0.3 is 5.11 Å². The summed E-state index contributed by atoms with van der Waals surface area (Å²) in [5, 5.41) is 9.38. The summed E-state index contributed by atoms with van der Waals surface area (Å²) >= 11 is 0. The van der Waals surface area contributed by atoms with Crippen LogP contribution in [0.15, 0.2) is 42.3 Å². The molecule has 1 N–H and O–H groups in total. The number of halogens is 2. The van der Waals surface area contributed by atoms with Gasteiger partial charge in [-0.2, -0.15) is 0 Å². The largest absolute Gasteiger partial charge is 0.508 e. The van der Waals surface area contributed by atoms with Crippen LogP contribution in [-0.4, -0.2) is 11.3 Å². The highest BCUT2D eigenvalue weighted by molar-refractivity contribution is 5.35. The zero-order valence-electron chi connectivity index (χ0n) is 9.53. The Balaban J connectivity index is 2.23. The average Bonchev–Trinajstić information content (AvgIpc) is 2.28. The van der Waals surface area contributed by atoms with Gasteiger partial charge in [-0.05, 0) is 48.8 Å². The van der Waals surface area contributed by atoms with Gasteiger partial charge in [-0.1, -0.05) is 12.1 Å². The number of phenols is 1. The van der Waals surface area contributed by atoms with Crippen LogP contribution in [0.25, 0.3) is 0 Å². The molecular weight excluding hydrogens is 222 g/mol. The lowest BCUT2D eigenvalue weighted by atomic mass is 9.89. The molecule has 0 fully saturated rings. The highest BCUT2D eigenvalue weighted by atomic mass is 19.1. The Kier molecular flexibility index (Phi) is 3.27. The van der Waals surface area contributed by atoms with Crippen LogP contribution in [0.5, 0.6) is 5.75 Å². The second-order valence-electron chi connectivity index (χ2n) is 4.30. The summed E-state index contributed by atoms with van der Waals surface area (Å²) in [7, 11) is 0. The zero-order chi connectivity index (χ0) is 12.4. The van der Waals surface area contributed by atoms with Crippen LogP contribution in [0.3, 0.4) is 0 Å². The Bertz CT molecular complexity index is 477. The molecule has 0 bridgehead atoms. The van der Waals surface area contributed by atoms with Gasteiger partial charge in [0.25, 0.3) is 0 Å². The van der Waals surface area contributed by atoms with Crippen molar-refractivity contribution in [2.45, 2.75) is 19.5 Å². The van der Waals surface area contributed by atoms with Crippen LogP contribution in [0.4, 0.5) is 8.78 Å². The third kappa shape index (κ3) is 2.54. The van der Waals surface area contributed by atoms with E-state index in [0.717, 1.165) is 11.1 Å². The summed E-state index contributed by atoms with van der Waals surface area (Å²) in [6.45, 7) is 1.86. The number of hydrogen-bond donors (Lipinski definition) is 1. The van der Waals surface area contributed by atoms with E-state index in [1.54, 1.807) is 18.2 Å². The topological polar surface area (TPSA) is 20.2 Å². The first-order chi connectivity index (χ1) is 8.08. The molecule has 1 aliphatic carbocycles. The van der Waals surface area contributed by atoms with Crippen molar-refractivity contribution in [2.75, 3.05) is 0 Å². The lowest BCUT2D eigenvalue weighted by Crippen LogP contribution is -2.19. The normalized spacial score (nSPS) is 23.6. The van der Waals surface area contributed by atoms with Gasteiger partial charge in [-0.3, -0.25) is 0 Å². The molecule has 2 unspecified atom stereocenters. The Labute approximate surface area is 99.1 Å². The standard InChI is InChI=1S/C14H14F2O/c1-9-5-6-11(17)7-10(9)8-12-13(15)3-2-4-14(12)16/h2-7,12-13,17H,8H2,1H3. The van der Waals surface area contributed by atoms with E-state index in [0.29, 0.717) is 0 Å². The van der Waals surface area contributed by atoms with Crippen molar-refractivity contribution < 1.29 is 13.9 Å². The molecule has 2 rings (SSSR count). The molecule has 0 heterocycles. The molecule has 0 spiro atoms. The van der Waals surface area contributed by atoms with Crippen molar-refractivity contribution in [3.8, 4) is 5.75 Å². The van der Waals surface area contributed by atoms with E-state index >= 15 is 0 Å². The van der Waals surface area contributed by atoms with Crippen LogP contribution < -0.4 is 0 Å². The quantitative estimate of drug-likeness (QED) is 0.831. The zero-order valence-corrected chi connectivity index (χ0v) is 9.53. The van der Waals surface area contributed by atoms with Crippen LogP contribution >= 0.6 is 0 Å². The van der Waals surface area contributed by atoms with E-state index in [-0.39, 0.29) is 12.2 Å². The van der Waals surface area contributed by atoms with E-state index in [1.165, 1.54) is 18.2 Å². The highest BCUT2D eigenvalue weighted by Crippen LogP contribution is 2.30. The molecule has 17 heavy (non-hydrogen) atoms. The Hall–Kier alpha value is -1.64. The molecule has 1 aromatic carbocycles. The van der Waals surface area contributed by atoms with Gasteiger partial charge in [0.15, 0.2) is 0 Å². The monoisotopic (exact) mass is 236 g/mol. The second kappa shape index (κ2) is 4.70. The summed E-state index contributed by atoms with van der Waals surface area (Å²) in [6, 6.07) is 4.88. The number of benzene rings is 1. The van der Waals surface area contributed by atoms with Gasteiger partial charge in [0.05, 0.1) is 0 Å². The van der Waals surface area contributed by atoms with E-state index in [2.05, 4.69) is 0 Å². The van der Waals surface area contributed by atoms with Crippen molar-refractivity contribution in [2.24, 2.45) is 5.92 Å². The van der Waals surface area contributed by atoms with Crippen LogP contribution in [0.2, 0.25) is 0 Å². The third-order valence-corrected chi connectivity index (χ3v) is 3.06. The SMILES string of the molecule is Cc1ccc(O)cc1CC1C(F)=CC=CC1F. The number of alkyl halides is 1. The number of allylic oxidation sites excluding steroid dienone is 4. The molecule has 1 aliphatic rings. The van der Waals surface area contributed by atoms with Crippen molar-refractivity contribution in [1.29, 1.82) is 0 Å². The van der Waals surface area contributed by atoms with Gasteiger partial charge in [0.1, 0.15) is 17.7 Å².